The van der Waals surface area contributed by atoms with Gasteiger partial charge in [0, 0.05) is 6.26 Å². The lowest BCUT2D eigenvalue weighted by molar-refractivity contribution is 0.0472. The lowest BCUT2D eigenvalue weighted by Crippen LogP contribution is -2.07. The second-order valence-corrected chi connectivity index (χ2v) is 7.01. The van der Waals surface area contributed by atoms with Crippen molar-refractivity contribution >= 4 is 27.4 Å². The maximum atomic E-state index is 12.8. The van der Waals surface area contributed by atoms with Crippen molar-refractivity contribution in [1.82, 2.24) is 0 Å². The Kier molecular flexibility index (Phi) is 4.83. The van der Waals surface area contributed by atoms with Crippen LogP contribution in [-0.2, 0) is 21.2 Å². The molecule has 7 heteroatoms. The maximum Gasteiger partial charge on any atom is 0.338 e. The highest BCUT2D eigenvalue weighted by atomic mass is 35.5. The second-order valence-electron chi connectivity index (χ2n) is 4.62. The number of halogens is 2. The molecule has 2 aromatic rings. The number of rotatable bonds is 4. The molecule has 0 atom stereocenters. The number of carbonyl (C=O) groups excluding carboxylic acids is 1. The number of hydrogen-bond acceptors (Lipinski definition) is 4. The summed E-state index contributed by atoms with van der Waals surface area (Å²) in [4.78, 5) is 11.8. The molecule has 116 valence electrons. The first-order chi connectivity index (χ1) is 10.3. The van der Waals surface area contributed by atoms with Gasteiger partial charge in [-0.15, -0.1) is 0 Å². The molecular weight excluding hydrogens is 331 g/mol. The predicted molar refractivity (Wildman–Crippen MR) is 80.1 cm³/mol. The first-order valence-corrected chi connectivity index (χ1v) is 8.45. The molecule has 0 amide bonds. The van der Waals surface area contributed by atoms with Crippen molar-refractivity contribution in [3.05, 3.63) is 64.4 Å². The lowest BCUT2D eigenvalue weighted by atomic mass is 10.2. The molecule has 0 radical (unpaired) electrons. The molecule has 0 heterocycles. The SMILES string of the molecule is CS(=O)(=O)c1cc(C(=O)OCc2ccc(F)cc2)ccc1Cl. The Morgan fingerprint density at radius 1 is 1.18 bits per heavy atom. The molecule has 0 saturated heterocycles. The molecule has 0 saturated carbocycles. The molecular formula is C15H12ClFO4S. The monoisotopic (exact) mass is 342 g/mol. The van der Waals surface area contributed by atoms with E-state index in [9.17, 15) is 17.6 Å². The Balaban J connectivity index is 2.15. The minimum absolute atomic E-state index is 0.0394. The fourth-order valence-electron chi connectivity index (χ4n) is 1.73. The number of esters is 1. The van der Waals surface area contributed by atoms with Crippen molar-refractivity contribution < 1.29 is 22.3 Å². The molecule has 2 rings (SSSR count). The van der Waals surface area contributed by atoms with Crippen LogP contribution in [0.2, 0.25) is 5.02 Å². The quantitative estimate of drug-likeness (QED) is 0.800. The summed E-state index contributed by atoms with van der Waals surface area (Å²) in [6.45, 7) is -0.0457. The third-order valence-electron chi connectivity index (χ3n) is 2.85. The van der Waals surface area contributed by atoms with Gasteiger partial charge in [0.1, 0.15) is 12.4 Å². The molecule has 2 aromatic carbocycles. The van der Waals surface area contributed by atoms with E-state index in [1.54, 1.807) is 0 Å². The third-order valence-corrected chi connectivity index (χ3v) is 4.43. The Labute approximate surface area is 132 Å². The van der Waals surface area contributed by atoms with E-state index in [0.29, 0.717) is 5.56 Å². The first-order valence-electron chi connectivity index (χ1n) is 6.18. The van der Waals surface area contributed by atoms with Gasteiger partial charge in [-0.05, 0) is 35.9 Å². The molecule has 0 N–H and O–H groups in total. The van der Waals surface area contributed by atoms with Gasteiger partial charge in [-0.1, -0.05) is 23.7 Å². The predicted octanol–water partition coefficient (Wildman–Crippen LogP) is 3.24. The Morgan fingerprint density at radius 2 is 1.82 bits per heavy atom. The van der Waals surface area contributed by atoms with Crippen LogP contribution in [0.15, 0.2) is 47.4 Å². The fourth-order valence-corrected chi connectivity index (χ4v) is 3.03. The highest BCUT2D eigenvalue weighted by molar-refractivity contribution is 7.90. The molecule has 4 nitrogen and oxygen atoms in total. The van der Waals surface area contributed by atoms with E-state index in [4.69, 9.17) is 16.3 Å². The summed E-state index contributed by atoms with van der Waals surface area (Å²) in [5.74, 6) is -1.07. The van der Waals surface area contributed by atoms with Crippen molar-refractivity contribution in [3.63, 3.8) is 0 Å². The van der Waals surface area contributed by atoms with Crippen LogP contribution in [0.5, 0.6) is 0 Å². The van der Waals surface area contributed by atoms with Crippen molar-refractivity contribution in [2.24, 2.45) is 0 Å². The van der Waals surface area contributed by atoms with Crippen LogP contribution >= 0.6 is 11.6 Å². The number of sulfone groups is 1. The number of ether oxygens (including phenoxy) is 1. The molecule has 0 aliphatic rings. The van der Waals surface area contributed by atoms with Crippen LogP contribution < -0.4 is 0 Å². The fraction of sp³-hybridized carbons (Fsp3) is 0.133. The number of hydrogen-bond donors (Lipinski definition) is 0. The average molecular weight is 343 g/mol. The molecule has 0 aliphatic heterocycles. The van der Waals surface area contributed by atoms with Crippen LogP contribution in [0.4, 0.5) is 4.39 Å². The standard InChI is InChI=1S/C15H12ClFO4S/c1-22(19,20)14-8-11(4-7-13(14)16)15(18)21-9-10-2-5-12(17)6-3-10/h2-8H,9H2,1H3. The van der Waals surface area contributed by atoms with Gasteiger partial charge < -0.3 is 4.74 Å². The van der Waals surface area contributed by atoms with Gasteiger partial charge in [-0.3, -0.25) is 0 Å². The summed E-state index contributed by atoms with van der Waals surface area (Å²) in [7, 11) is -3.54. The van der Waals surface area contributed by atoms with Crippen LogP contribution in [-0.4, -0.2) is 20.6 Å². The van der Waals surface area contributed by atoms with E-state index in [1.807, 2.05) is 0 Å². The van der Waals surface area contributed by atoms with Gasteiger partial charge in [0.25, 0.3) is 0 Å². The molecule has 0 spiro atoms. The van der Waals surface area contributed by atoms with E-state index in [0.717, 1.165) is 6.26 Å². The third kappa shape index (κ3) is 4.05. The summed E-state index contributed by atoms with van der Waals surface area (Å²) < 4.78 is 41.0. The second kappa shape index (κ2) is 6.46. The normalized spacial score (nSPS) is 11.2. The van der Waals surface area contributed by atoms with Gasteiger partial charge in [0.15, 0.2) is 9.84 Å². The van der Waals surface area contributed by atoms with Gasteiger partial charge >= 0.3 is 5.97 Å². The lowest BCUT2D eigenvalue weighted by Gasteiger charge is -2.07. The molecule has 0 aliphatic carbocycles. The van der Waals surface area contributed by atoms with Gasteiger partial charge in [0.05, 0.1) is 15.5 Å². The van der Waals surface area contributed by atoms with Gasteiger partial charge in [0.2, 0.25) is 0 Å². The maximum absolute atomic E-state index is 12.8. The average Bonchev–Trinajstić information content (AvgIpc) is 2.45. The van der Waals surface area contributed by atoms with Gasteiger partial charge in [-0.25, -0.2) is 17.6 Å². The highest BCUT2D eigenvalue weighted by Crippen LogP contribution is 2.23. The van der Waals surface area contributed by atoms with Crippen molar-refractivity contribution in [3.8, 4) is 0 Å². The summed E-state index contributed by atoms with van der Waals surface area (Å²) in [5, 5.41) is 0.0394. The molecule has 0 unspecified atom stereocenters. The summed E-state index contributed by atoms with van der Waals surface area (Å²) in [6, 6.07) is 9.38. The van der Waals surface area contributed by atoms with E-state index in [1.165, 1.54) is 42.5 Å². The van der Waals surface area contributed by atoms with Crippen LogP contribution in [0, 0.1) is 5.82 Å². The first kappa shape index (κ1) is 16.5. The topological polar surface area (TPSA) is 60.4 Å². The minimum atomic E-state index is -3.54. The smallest absolute Gasteiger partial charge is 0.338 e. The van der Waals surface area contributed by atoms with E-state index in [-0.39, 0.29) is 27.9 Å². The summed E-state index contributed by atoms with van der Waals surface area (Å²) in [6.07, 6.45) is 1.00. The zero-order valence-corrected chi connectivity index (χ0v) is 13.1. The van der Waals surface area contributed by atoms with Crippen LogP contribution in [0.3, 0.4) is 0 Å². The Bertz CT molecular complexity index is 801. The molecule has 0 aromatic heterocycles. The minimum Gasteiger partial charge on any atom is -0.457 e. The molecule has 0 bridgehead atoms. The van der Waals surface area contributed by atoms with Crippen molar-refractivity contribution in [2.75, 3.05) is 6.26 Å². The number of benzene rings is 2. The highest BCUT2D eigenvalue weighted by Gasteiger charge is 2.16. The molecule has 22 heavy (non-hydrogen) atoms. The van der Waals surface area contributed by atoms with Crippen LogP contribution in [0.25, 0.3) is 0 Å². The van der Waals surface area contributed by atoms with E-state index < -0.39 is 15.8 Å². The molecule has 0 fully saturated rings. The largest absolute Gasteiger partial charge is 0.457 e. The Morgan fingerprint density at radius 3 is 2.41 bits per heavy atom. The summed E-state index contributed by atoms with van der Waals surface area (Å²) in [5.41, 5.74) is 0.694. The van der Waals surface area contributed by atoms with Crippen molar-refractivity contribution in [1.29, 1.82) is 0 Å². The summed E-state index contributed by atoms with van der Waals surface area (Å²) >= 11 is 5.81. The zero-order chi connectivity index (χ0) is 16.3. The van der Waals surface area contributed by atoms with Gasteiger partial charge in [-0.2, -0.15) is 0 Å². The van der Waals surface area contributed by atoms with E-state index in [2.05, 4.69) is 0 Å². The zero-order valence-electron chi connectivity index (χ0n) is 11.5. The Hall–Kier alpha value is -1.92. The number of carbonyl (C=O) groups is 1. The van der Waals surface area contributed by atoms with Crippen molar-refractivity contribution in [2.45, 2.75) is 11.5 Å². The van der Waals surface area contributed by atoms with Crippen LogP contribution in [0.1, 0.15) is 15.9 Å². The van der Waals surface area contributed by atoms with E-state index >= 15 is 0 Å².